The van der Waals surface area contributed by atoms with Gasteiger partial charge in [0.15, 0.2) is 0 Å². The topological polar surface area (TPSA) is 66.4 Å². The lowest BCUT2D eigenvalue weighted by Gasteiger charge is -2.15. The minimum Gasteiger partial charge on any atom is -0.481 e. The lowest BCUT2D eigenvalue weighted by Crippen LogP contribution is -2.32. The van der Waals surface area contributed by atoms with Crippen LogP contribution in [0.5, 0.6) is 0 Å². The average Bonchev–Trinajstić information content (AvgIpc) is 2.37. The summed E-state index contributed by atoms with van der Waals surface area (Å²) in [5, 5.41) is 12.1. The second-order valence-corrected chi connectivity index (χ2v) is 5.94. The summed E-state index contributed by atoms with van der Waals surface area (Å²) in [6.07, 6.45) is 2.12. The molecule has 0 saturated carbocycles. The fourth-order valence-corrected chi connectivity index (χ4v) is 2.35. The molecule has 1 rings (SSSR count). The van der Waals surface area contributed by atoms with E-state index in [4.69, 9.17) is 16.7 Å². The number of carboxylic acid groups (broad SMARTS) is 1. The second-order valence-electron chi connectivity index (χ2n) is 5.53. The fraction of sp³-hybridized carbons (Fsp3) is 0.500. The van der Waals surface area contributed by atoms with E-state index < -0.39 is 5.97 Å². The fourth-order valence-electron chi connectivity index (χ4n) is 2.03. The summed E-state index contributed by atoms with van der Waals surface area (Å²) in [4.78, 5) is 22.8. The molecule has 0 spiro atoms. The smallest absolute Gasteiger partial charge is 0.306 e. The minimum absolute atomic E-state index is 0.0177. The number of hydrogen-bond donors (Lipinski definition) is 2. The molecular weight excluding hydrogens is 290 g/mol. The molecule has 0 aliphatic carbocycles. The van der Waals surface area contributed by atoms with Crippen LogP contribution < -0.4 is 5.32 Å². The Kier molecular flexibility index (Phi) is 6.69. The van der Waals surface area contributed by atoms with Crippen molar-refractivity contribution in [2.75, 3.05) is 0 Å². The Morgan fingerprint density at radius 1 is 1.29 bits per heavy atom. The van der Waals surface area contributed by atoms with Crippen LogP contribution in [0.2, 0.25) is 5.02 Å². The number of benzene rings is 1. The zero-order valence-electron chi connectivity index (χ0n) is 12.6. The van der Waals surface area contributed by atoms with Crippen LogP contribution in [-0.4, -0.2) is 23.0 Å². The van der Waals surface area contributed by atoms with Gasteiger partial charge < -0.3 is 10.4 Å². The van der Waals surface area contributed by atoms with Crippen molar-refractivity contribution in [1.29, 1.82) is 0 Å². The molecule has 1 amide bonds. The van der Waals surface area contributed by atoms with Gasteiger partial charge in [-0.25, -0.2) is 0 Å². The Morgan fingerprint density at radius 2 is 1.95 bits per heavy atom. The molecule has 116 valence electrons. The maximum Gasteiger partial charge on any atom is 0.306 e. The van der Waals surface area contributed by atoms with Crippen molar-refractivity contribution in [1.82, 2.24) is 5.32 Å². The van der Waals surface area contributed by atoms with Crippen molar-refractivity contribution in [2.45, 2.75) is 46.1 Å². The van der Waals surface area contributed by atoms with E-state index >= 15 is 0 Å². The summed E-state index contributed by atoms with van der Waals surface area (Å²) in [7, 11) is 0. The number of carbonyl (C=O) groups is 2. The Bertz CT molecular complexity index is 516. The summed E-state index contributed by atoms with van der Waals surface area (Å²) in [5.74, 6) is -1.32. The van der Waals surface area contributed by atoms with E-state index in [1.807, 2.05) is 19.9 Å². The number of carbonyl (C=O) groups excluding carboxylic acids is 1. The van der Waals surface area contributed by atoms with Crippen molar-refractivity contribution < 1.29 is 14.7 Å². The zero-order valence-corrected chi connectivity index (χ0v) is 13.4. The van der Waals surface area contributed by atoms with Crippen LogP contribution in [0.4, 0.5) is 0 Å². The van der Waals surface area contributed by atoms with Crippen molar-refractivity contribution in [2.24, 2.45) is 5.92 Å². The highest BCUT2D eigenvalue weighted by Gasteiger charge is 2.14. The lowest BCUT2D eigenvalue weighted by molar-refractivity contribution is -0.141. The third-order valence-electron chi connectivity index (χ3n) is 3.44. The molecule has 0 radical (unpaired) electrons. The van der Waals surface area contributed by atoms with Gasteiger partial charge in [-0.3, -0.25) is 9.59 Å². The van der Waals surface area contributed by atoms with E-state index in [-0.39, 0.29) is 17.9 Å². The van der Waals surface area contributed by atoms with Gasteiger partial charge in [-0.2, -0.15) is 0 Å². The Hall–Kier alpha value is -1.55. The number of amides is 1. The van der Waals surface area contributed by atoms with Crippen molar-refractivity contribution in [3.05, 3.63) is 34.3 Å². The molecule has 1 aromatic rings. The molecule has 0 aliphatic heterocycles. The number of nitrogens with one attached hydrogen (secondary N) is 1. The molecule has 4 nitrogen and oxygen atoms in total. The van der Waals surface area contributed by atoms with Crippen LogP contribution in [0.15, 0.2) is 18.2 Å². The number of carboxylic acids is 1. The highest BCUT2D eigenvalue weighted by molar-refractivity contribution is 6.33. The van der Waals surface area contributed by atoms with Crippen LogP contribution in [-0.2, 0) is 4.79 Å². The Morgan fingerprint density at radius 3 is 2.52 bits per heavy atom. The SMILES string of the molecule is Cc1ccc(C(=O)NC(C)CCCC(C)C(=O)O)c(Cl)c1. The zero-order chi connectivity index (χ0) is 16.0. The van der Waals surface area contributed by atoms with Crippen molar-refractivity contribution in [3.63, 3.8) is 0 Å². The molecule has 0 aromatic heterocycles. The molecule has 1 aromatic carbocycles. The molecule has 0 fully saturated rings. The highest BCUT2D eigenvalue weighted by atomic mass is 35.5. The standard InChI is InChI=1S/C16H22ClNO3/c1-10-7-8-13(14(17)9-10)15(19)18-12(3)6-4-5-11(2)16(20)21/h7-9,11-12H,4-6H2,1-3H3,(H,18,19)(H,20,21). The number of hydrogen-bond acceptors (Lipinski definition) is 2. The van der Waals surface area contributed by atoms with Gasteiger partial charge in [0, 0.05) is 6.04 Å². The normalized spacial score (nSPS) is 13.5. The van der Waals surface area contributed by atoms with E-state index in [0.717, 1.165) is 18.4 Å². The van der Waals surface area contributed by atoms with Crippen LogP contribution in [0, 0.1) is 12.8 Å². The van der Waals surface area contributed by atoms with Crippen LogP contribution >= 0.6 is 11.6 Å². The van der Waals surface area contributed by atoms with E-state index in [0.29, 0.717) is 17.0 Å². The molecule has 0 aliphatic rings. The second kappa shape index (κ2) is 8.03. The van der Waals surface area contributed by atoms with Gasteiger partial charge in [-0.05, 0) is 44.4 Å². The molecule has 2 N–H and O–H groups in total. The summed E-state index contributed by atoms with van der Waals surface area (Å²) in [6.45, 7) is 5.52. The summed E-state index contributed by atoms with van der Waals surface area (Å²) in [6, 6.07) is 5.30. The summed E-state index contributed by atoms with van der Waals surface area (Å²) >= 11 is 6.06. The first-order chi connectivity index (χ1) is 9.81. The van der Waals surface area contributed by atoms with Gasteiger partial charge >= 0.3 is 5.97 Å². The molecule has 2 atom stereocenters. The Balaban J connectivity index is 2.45. The maximum atomic E-state index is 12.1. The van der Waals surface area contributed by atoms with Gasteiger partial charge in [0.2, 0.25) is 0 Å². The first kappa shape index (κ1) is 17.5. The van der Waals surface area contributed by atoms with E-state index in [1.165, 1.54) is 0 Å². The first-order valence-corrected chi connectivity index (χ1v) is 7.49. The average molecular weight is 312 g/mol. The molecule has 0 saturated heterocycles. The number of aliphatic carboxylic acids is 1. The number of rotatable bonds is 7. The predicted molar refractivity (Wildman–Crippen MR) is 83.8 cm³/mol. The van der Waals surface area contributed by atoms with Crippen LogP contribution in [0.1, 0.15) is 49.0 Å². The Labute approximate surface area is 130 Å². The monoisotopic (exact) mass is 311 g/mol. The van der Waals surface area contributed by atoms with Gasteiger partial charge in [0.1, 0.15) is 0 Å². The van der Waals surface area contributed by atoms with Gasteiger partial charge in [0.05, 0.1) is 16.5 Å². The number of aryl methyl sites for hydroxylation is 1. The van der Waals surface area contributed by atoms with E-state index in [9.17, 15) is 9.59 Å². The first-order valence-electron chi connectivity index (χ1n) is 7.11. The molecule has 2 unspecified atom stereocenters. The largest absolute Gasteiger partial charge is 0.481 e. The van der Waals surface area contributed by atoms with Crippen LogP contribution in [0.3, 0.4) is 0 Å². The van der Waals surface area contributed by atoms with E-state index in [2.05, 4.69) is 5.32 Å². The van der Waals surface area contributed by atoms with Crippen molar-refractivity contribution >= 4 is 23.5 Å². The van der Waals surface area contributed by atoms with Gasteiger partial charge in [-0.1, -0.05) is 31.0 Å². The highest BCUT2D eigenvalue weighted by Crippen LogP contribution is 2.18. The maximum absolute atomic E-state index is 12.1. The molecule has 5 heteroatoms. The predicted octanol–water partition coefficient (Wildman–Crippen LogP) is 3.66. The van der Waals surface area contributed by atoms with Gasteiger partial charge in [0.25, 0.3) is 5.91 Å². The summed E-state index contributed by atoms with van der Waals surface area (Å²) < 4.78 is 0. The van der Waals surface area contributed by atoms with Gasteiger partial charge in [-0.15, -0.1) is 0 Å². The quantitative estimate of drug-likeness (QED) is 0.807. The molecule has 0 bridgehead atoms. The molecular formula is C16H22ClNO3. The molecule has 0 heterocycles. The lowest BCUT2D eigenvalue weighted by atomic mass is 10.0. The molecule has 21 heavy (non-hydrogen) atoms. The van der Waals surface area contributed by atoms with E-state index in [1.54, 1.807) is 19.1 Å². The summed E-state index contributed by atoms with van der Waals surface area (Å²) in [5.41, 5.74) is 1.47. The number of halogens is 1. The third-order valence-corrected chi connectivity index (χ3v) is 3.76. The van der Waals surface area contributed by atoms with Crippen molar-refractivity contribution in [3.8, 4) is 0 Å². The van der Waals surface area contributed by atoms with Crippen LogP contribution in [0.25, 0.3) is 0 Å². The minimum atomic E-state index is -0.780. The third kappa shape index (κ3) is 5.76.